The highest BCUT2D eigenvalue weighted by molar-refractivity contribution is 5.91. The molecule has 6 N–H and O–H groups in total. The van der Waals surface area contributed by atoms with Gasteiger partial charge in [-0.05, 0) is 11.5 Å². The molecule has 1 heterocycles. The van der Waals surface area contributed by atoms with Gasteiger partial charge < -0.3 is 20.4 Å². The first kappa shape index (κ1) is 21.9. The number of nitrogens with two attached hydrogens (primary N) is 1. The van der Waals surface area contributed by atoms with E-state index in [9.17, 15) is 14.4 Å². The molecule has 0 unspecified atom stereocenters. The van der Waals surface area contributed by atoms with Crippen LogP contribution in [-0.4, -0.2) is 40.0 Å². The average molecular weight is 402 g/mol. The van der Waals surface area contributed by atoms with Gasteiger partial charge in [0.1, 0.15) is 18.7 Å². The van der Waals surface area contributed by atoms with Crippen molar-refractivity contribution < 1.29 is 19.1 Å². The maximum Gasteiger partial charge on any atom is 0.408 e. The number of hydrogen-bond donors (Lipinski definition) is 5. The van der Waals surface area contributed by atoms with Crippen LogP contribution >= 0.6 is 0 Å². The lowest BCUT2D eigenvalue weighted by Crippen LogP contribution is -2.56. The largest absolute Gasteiger partial charge is 0.445 e. The molecule has 0 spiro atoms. The number of hydrazine groups is 1. The van der Waals surface area contributed by atoms with Crippen molar-refractivity contribution in [2.24, 2.45) is 11.8 Å². The number of carbonyl (C=O) groups is 3. The number of rotatable bonds is 9. The van der Waals surface area contributed by atoms with E-state index in [1.165, 1.54) is 6.33 Å². The van der Waals surface area contributed by atoms with Crippen molar-refractivity contribution in [1.82, 2.24) is 26.0 Å². The van der Waals surface area contributed by atoms with Crippen LogP contribution in [0.25, 0.3) is 0 Å². The third kappa shape index (κ3) is 6.92. The van der Waals surface area contributed by atoms with E-state index < -0.39 is 30.0 Å². The number of carbonyl (C=O) groups excluding carboxylic acids is 3. The number of alkyl carbamates (subject to hydrolysis) is 1. The third-order valence-corrected chi connectivity index (χ3v) is 4.19. The first-order valence-electron chi connectivity index (χ1n) is 9.16. The fraction of sp³-hybridized carbons (Fsp3) is 0.368. The molecule has 0 saturated carbocycles. The Morgan fingerprint density at radius 1 is 1.14 bits per heavy atom. The molecular weight excluding hydrogens is 376 g/mol. The minimum atomic E-state index is -0.934. The van der Waals surface area contributed by atoms with Crippen molar-refractivity contribution in [2.75, 3.05) is 0 Å². The van der Waals surface area contributed by atoms with Crippen LogP contribution in [-0.2, 0) is 27.4 Å². The smallest absolute Gasteiger partial charge is 0.408 e. The maximum absolute atomic E-state index is 12.7. The van der Waals surface area contributed by atoms with Crippen LogP contribution in [0.4, 0.5) is 4.79 Å². The van der Waals surface area contributed by atoms with Crippen LogP contribution in [0.1, 0.15) is 25.1 Å². The number of nitrogens with one attached hydrogen (secondary N) is 4. The highest BCUT2D eigenvalue weighted by Crippen LogP contribution is 2.06. The fourth-order valence-corrected chi connectivity index (χ4v) is 2.61. The highest BCUT2D eigenvalue weighted by atomic mass is 16.5. The van der Waals surface area contributed by atoms with Gasteiger partial charge in [0.15, 0.2) is 0 Å². The van der Waals surface area contributed by atoms with E-state index in [0.29, 0.717) is 5.69 Å². The summed E-state index contributed by atoms with van der Waals surface area (Å²) in [4.78, 5) is 43.7. The molecular formula is C19H26N6O4. The number of aromatic amines is 1. The standard InChI is InChI=1S/C19H26N6O4/c1-12(2)16(24-19(28)29-10-13-6-4-3-5-7-13)18(27)23-15(17(26)25-20)8-14-9-21-11-22-14/h3-7,9,11-12,15-16H,8,10,20H2,1-2H3,(H,21,22)(H,23,27)(H,24,28)(H,25,26)/t15-,16-/m0/s1. The fourth-order valence-electron chi connectivity index (χ4n) is 2.61. The number of nitrogens with zero attached hydrogens (tertiary/aromatic N) is 1. The highest BCUT2D eigenvalue weighted by Gasteiger charge is 2.29. The molecule has 2 rings (SSSR count). The molecule has 0 saturated heterocycles. The predicted octanol–water partition coefficient (Wildman–Crippen LogP) is 0.378. The number of H-pyrrole nitrogens is 1. The first-order valence-corrected chi connectivity index (χ1v) is 9.16. The Bertz CT molecular complexity index is 794. The van der Waals surface area contributed by atoms with Crippen LogP contribution in [0, 0.1) is 5.92 Å². The summed E-state index contributed by atoms with van der Waals surface area (Å²) in [7, 11) is 0. The molecule has 156 valence electrons. The Hall–Kier alpha value is -3.40. The van der Waals surface area contributed by atoms with Gasteiger partial charge in [-0.2, -0.15) is 0 Å². The van der Waals surface area contributed by atoms with Gasteiger partial charge in [-0.15, -0.1) is 0 Å². The van der Waals surface area contributed by atoms with Gasteiger partial charge in [0.25, 0.3) is 5.91 Å². The van der Waals surface area contributed by atoms with Crippen LogP contribution in [0.15, 0.2) is 42.9 Å². The lowest BCUT2D eigenvalue weighted by molar-refractivity contribution is -0.130. The van der Waals surface area contributed by atoms with Crippen molar-refractivity contribution in [1.29, 1.82) is 0 Å². The van der Waals surface area contributed by atoms with E-state index in [0.717, 1.165) is 5.56 Å². The Morgan fingerprint density at radius 2 is 1.86 bits per heavy atom. The van der Waals surface area contributed by atoms with E-state index in [-0.39, 0.29) is 18.9 Å². The average Bonchev–Trinajstić information content (AvgIpc) is 3.23. The normalized spacial score (nSPS) is 12.7. The number of hydrogen-bond acceptors (Lipinski definition) is 6. The maximum atomic E-state index is 12.7. The van der Waals surface area contributed by atoms with Crippen LogP contribution < -0.4 is 21.9 Å². The van der Waals surface area contributed by atoms with Gasteiger partial charge in [0.2, 0.25) is 5.91 Å². The monoisotopic (exact) mass is 402 g/mol. The zero-order chi connectivity index (χ0) is 21.2. The summed E-state index contributed by atoms with van der Waals surface area (Å²) in [5.41, 5.74) is 3.50. The molecule has 2 atom stereocenters. The summed E-state index contributed by atoms with van der Waals surface area (Å²) in [5, 5.41) is 5.17. The molecule has 10 nitrogen and oxygen atoms in total. The second-order valence-corrected chi connectivity index (χ2v) is 6.78. The molecule has 1 aromatic heterocycles. The molecule has 1 aromatic carbocycles. The van der Waals surface area contributed by atoms with Crippen molar-refractivity contribution >= 4 is 17.9 Å². The quantitative estimate of drug-likeness (QED) is 0.232. The van der Waals surface area contributed by atoms with Gasteiger partial charge >= 0.3 is 6.09 Å². The van der Waals surface area contributed by atoms with Crippen LogP contribution in [0.3, 0.4) is 0 Å². The first-order chi connectivity index (χ1) is 13.9. The third-order valence-electron chi connectivity index (χ3n) is 4.19. The lowest BCUT2D eigenvalue weighted by atomic mass is 10.0. The summed E-state index contributed by atoms with van der Waals surface area (Å²) in [5.74, 6) is 3.89. The molecule has 0 fully saturated rings. The van der Waals surface area contributed by atoms with Gasteiger partial charge in [-0.3, -0.25) is 15.0 Å². The van der Waals surface area contributed by atoms with E-state index in [1.54, 1.807) is 20.0 Å². The lowest BCUT2D eigenvalue weighted by Gasteiger charge is -2.24. The Labute approximate surface area is 168 Å². The Balaban J connectivity index is 1.97. The van der Waals surface area contributed by atoms with Gasteiger partial charge in [-0.25, -0.2) is 15.6 Å². The van der Waals surface area contributed by atoms with Crippen molar-refractivity contribution in [2.45, 2.75) is 39.0 Å². The summed E-state index contributed by atoms with van der Waals surface area (Å²) in [6, 6.07) is 7.35. The summed E-state index contributed by atoms with van der Waals surface area (Å²) in [6.45, 7) is 3.63. The number of imidazole rings is 1. The van der Waals surface area contributed by atoms with Gasteiger partial charge in [0.05, 0.1) is 6.33 Å². The van der Waals surface area contributed by atoms with Gasteiger partial charge in [-0.1, -0.05) is 44.2 Å². The zero-order valence-electron chi connectivity index (χ0n) is 16.3. The molecule has 3 amide bonds. The zero-order valence-corrected chi connectivity index (χ0v) is 16.3. The Kier molecular flexibility index (Phi) is 8.16. The SMILES string of the molecule is CC(C)[C@H](NC(=O)OCc1ccccc1)C(=O)N[C@@H](Cc1cnc[nH]1)C(=O)NN. The van der Waals surface area contributed by atoms with Gasteiger partial charge in [0, 0.05) is 18.3 Å². The van der Waals surface area contributed by atoms with E-state index in [1.807, 2.05) is 35.8 Å². The summed E-state index contributed by atoms with van der Waals surface area (Å²) < 4.78 is 5.18. The molecule has 0 aliphatic heterocycles. The second kappa shape index (κ2) is 10.8. The number of ether oxygens (including phenoxy) is 1. The number of aromatic nitrogens is 2. The van der Waals surface area contributed by atoms with Crippen LogP contribution in [0.5, 0.6) is 0 Å². The predicted molar refractivity (Wildman–Crippen MR) is 105 cm³/mol. The number of amides is 3. The molecule has 0 radical (unpaired) electrons. The Morgan fingerprint density at radius 3 is 2.45 bits per heavy atom. The molecule has 10 heteroatoms. The van der Waals surface area contributed by atoms with Crippen molar-refractivity contribution in [3.63, 3.8) is 0 Å². The second-order valence-electron chi connectivity index (χ2n) is 6.78. The number of benzene rings is 1. The van der Waals surface area contributed by atoms with Crippen LogP contribution in [0.2, 0.25) is 0 Å². The topological polar surface area (TPSA) is 151 Å². The minimum Gasteiger partial charge on any atom is -0.445 e. The van der Waals surface area contributed by atoms with E-state index in [2.05, 4.69) is 20.6 Å². The molecule has 0 aliphatic carbocycles. The molecule has 2 aromatic rings. The van der Waals surface area contributed by atoms with Crippen molar-refractivity contribution in [3.05, 3.63) is 54.1 Å². The molecule has 29 heavy (non-hydrogen) atoms. The molecule has 0 aliphatic rings. The van der Waals surface area contributed by atoms with Crippen molar-refractivity contribution in [3.8, 4) is 0 Å². The minimum absolute atomic E-state index is 0.0805. The summed E-state index contributed by atoms with van der Waals surface area (Å²) >= 11 is 0. The van der Waals surface area contributed by atoms with E-state index in [4.69, 9.17) is 10.6 Å². The van der Waals surface area contributed by atoms with E-state index >= 15 is 0 Å². The summed E-state index contributed by atoms with van der Waals surface area (Å²) in [6.07, 6.45) is 2.45. The molecule has 0 bridgehead atoms.